The molecule has 1 aromatic rings. The molecule has 2 amide bonds. The summed E-state index contributed by atoms with van der Waals surface area (Å²) in [7, 11) is 1.53. The molecule has 0 heterocycles. The number of hydrazine groups is 2. The summed E-state index contributed by atoms with van der Waals surface area (Å²) in [5.41, 5.74) is 3.46. The minimum atomic E-state index is -0.315. The van der Waals surface area contributed by atoms with Gasteiger partial charge in [-0.25, -0.2) is 16.5 Å². The van der Waals surface area contributed by atoms with E-state index >= 15 is 0 Å². The van der Waals surface area contributed by atoms with Gasteiger partial charge in [0.25, 0.3) is 0 Å². The van der Waals surface area contributed by atoms with E-state index in [1.165, 1.54) is 12.1 Å². The first-order valence-electron chi connectivity index (χ1n) is 4.72. The molecule has 1 rings (SSSR count). The van der Waals surface area contributed by atoms with Gasteiger partial charge in [-0.05, 0) is 30.4 Å². The van der Waals surface area contributed by atoms with Crippen LogP contribution in [0.2, 0.25) is 0 Å². The van der Waals surface area contributed by atoms with Crippen LogP contribution in [-0.4, -0.2) is 18.2 Å². The van der Waals surface area contributed by atoms with Gasteiger partial charge in [-0.2, -0.15) is 0 Å². The van der Waals surface area contributed by atoms with Gasteiger partial charge < -0.3 is 10.6 Å². The Morgan fingerprint density at radius 3 is 2.76 bits per heavy atom. The zero-order valence-corrected chi connectivity index (χ0v) is 10.0. The highest BCUT2D eigenvalue weighted by molar-refractivity contribution is 7.80. The number of hydrogen-bond donors (Lipinski definition) is 5. The SMILES string of the molecule is CNC(=O)Nc1cccc(N(N)C(=S)NN)c1. The van der Waals surface area contributed by atoms with Crippen LogP contribution in [0.4, 0.5) is 16.2 Å². The lowest BCUT2D eigenvalue weighted by Gasteiger charge is -2.19. The number of amides is 2. The molecule has 0 saturated heterocycles. The topological polar surface area (TPSA) is 108 Å². The van der Waals surface area contributed by atoms with Crippen molar-refractivity contribution in [3.63, 3.8) is 0 Å². The van der Waals surface area contributed by atoms with Gasteiger partial charge in [0.2, 0.25) is 5.11 Å². The summed E-state index contributed by atoms with van der Waals surface area (Å²) in [6, 6.07) is 6.55. The van der Waals surface area contributed by atoms with Crippen LogP contribution in [0.1, 0.15) is 0 Å². The van der Waals surface area contributed by atoms with Gasteiger partial charge in [0.1, 0.15) is 0 Å². The Balaban J connectivity index is 2.85. The van der Waals surface area contributed by atoms with Crippen LogP contribution in [-0.2, 0) is 0 Å². The molecule has 0 aliphatic heterocycles. The van der Waals surface area contributed by atoms with Crippen molar-refractivity contribution < 1.29 is 4.79 Å². The van der Waals surface area contributed by atoms with Gasteiger partial charge in [-0.15, -0.1) is 0 Å². The molecule has 92 valence electrons. The second-order valence-corrected chi connectivity index (χ2v) is 3.46. The van der Waals surface area contributed by atoms with Crippen molar-refractivity contribution in [2.75, 3.05) is 17.4 Å². The van der Waals surface area contributed by atoms with Crippen LogP contribution in [0, 0.1) is 0 Å². The fraction of sp³-hybridized carbons (Fsp3) is 0.111. The first-order valence-corrected chi connectivity index (χ1v) is 5.13. The molecule has 0 aliphatic carbocycles. The van der Waals surface area contributed by atoms with Gasteiger partial charge in [-0.3, -0.25) is 10.4 Å². The highest BCUT2D eigenvalue weighted by atomic mass is 32.1. The summed E-state index contributed by atoms with van der Waals surface area (Å²) < 4.78 is 0. The van der Waals surface area contributed by atoms with E-state index in [1.54, 1.807) is 24.3 Å². The Kier molecular flexibility index (Phi) is 4.64. The lowest BCUT2D eigenvalue weighted by molar-refractivity contribution is 0.254. The van der Waals surface area contributed by atoms with Crippen molar-refractivity contribution in [2.45, 2.75) is 0 Å². The molecule has 17 heavy (non-hydrogen) atoms. The van der Waals surface area contributed by atoms with Gasteiger partial charge in [0.15, 0.2) is 0 Å². The molecule has 0 spiro atoms. The lowest BCUT2D eigenvalue weighted by atomic mass is 10.2. The summed E-state index contributed by atoms with van der Waals surface area (Å²) in [4.78, 5) is 11.1. The van der Waals surface area contributed by atoms with E-state index in [9.17, 15) is 4.79 Å². The number of anilines is 2. The van der Waals surface area contributed by atoms with Crippen molar-refractivity contribution >= 4 is 34.7 Å². The van der Waals surface area contributed by atoms with Gasteiger partial charge in [0, 0.05) is 12.7 Å². The average Bonchev–Trinajstić information content (AvgIpc) is 2.37. The number of thiocarbonyl (C=S) groups is 1. The van der Waals surface area contributed by atoms with Crippen LogP contribution >= 0.6 is 12.2 Å². The molecular weight excluding hydrogens is 240 g/mol. The number of nitrogens with one attached hydrogen (secondary N) is 3. The van der Waals surface area contributed by atoms with Crippen LogP contribution in [0.3, 0.4) is 0 Å². The minimum absolute atomic E-state index is 0.169. The number of nitrogens with two attached hydrogens (primary N) is 2. The van der Waals surface area contributed by atoms with Crippen LogP contribution in [0.15, 0.2) is 24.3 Å². The van der Waals surface area contributed by atoms with Gasteiger partial charge in [0.05, 0.1) is 5.69 Å². The number of benzene rings is 1. The number of urea groups is 1. The molecule has 0 unspecified atom stereocenters. The van der Waals surface area contributed by atoms with Gasteiger partial charge in [-0.1, -0.05) is 6.07 Å². The lowest BCUT2D eigenvalue weighted by Crippen LogP contribution is -2.47. The molecule has 0 atom stereocenters. The molecule has 0 bridgehead atoms. The summed E-state index contributed by atoms with van der Waals surface area (Å²) in [5, 5.41) is 6.43. The number of hydrogen-bond acceptors (Lipinski definition) is 4. The first kappa shape index (κ1) is 13.2. The van der Waals surface area contributed by atoms with Crippen LogP contribution < -0.4 is 32.8 Å². The fourth-order valence-corrected chi connectivity index (χ4v) is 1.22. The summed E-state index contributed by atoms with van der Waals surface area (Å²) >= 11 is 4.88. The Bertz CT molecular complexity index is 424. The maximum atomic E-state index is 11.1. The van der Waals surface area contributed by atoms with Crippen LogP contribution in [0.25, 0.3) is 0 Å². The summed E-state index contributed by atoms with van der Waals surface area (Å²) in [6.45, 7) is 0. The molecular formula is C9H14N6OS. The van der Waals surface area contributed by atoms with E-state index in [1.807, 2.05) is 0 Å². The summed E-state index contributed by atoms with van der Waals surface area (Å²) in [6.07, 6.45) is 0. The molecule has 0 aromatic heterocycles. The van der Waals surface area contributed by atoms with Crippen molar-refractivity contribution in [3.8, 4) is 0 Å². The van der Waals surface area contributed by atoms with Crippen molar-refractivity contribution in [2.24, 2.45) is 11.7 Å². The van der Waals surface area contributed by atoms with Gasteiger partial charge >= 0.3 is 6.03 Å². The van der Waals surface area contributed by atoms with E-state index in [0.29, 0.717) is 11.4 Å². The minimum Gasteiger partial charge on any atom is -0.341 e. The Morgan fingerprint density at radius 2 is 2.18 bits per heavy atom. The maximum absolute atomic E-state index is 11.1. The van der Waals surface area contributed by atoms with E-state index in [4.69, 9.17) is 23.9 Å². The van der Waals surface area contributed by atoms with E-state index < -0.39 is 0 Å². The molecule has 7 nitrogen and oxygen atoms in total. The van der Waals surface area contributed by atoms with E-state index in [0.717, 1.165) is 0 Å². The normalized spacial score (nSPS) is 9.35. The first-order chi connectivity index (χ1) is 8.08. The highest BCUT2D eigenvalue weighted by Gasteiger charge is 2.07. The second kappa shape index (κ2) is 5.99. The Hall–Kier alpha value is -1.90. The predicted molar refractivity (Wildman–Crippen MR) is 71.1 cm³/mol. The molecule has 7 N–H and O–H groups in total. The quantitative estimate of drug-likeness (QED) is 0.286. The zero-order chi connectivity index (χ0) is 12.8. The molecule has 0 saturated carbocycles. The number of nitrogens with zero attached hydrogens (tertiary/aromatic N) is 1. The van der Waals surface area contributed by atoms with Crippen LogP contribution in [0.5, 0.6) is 0 Å². The molecule has 0 radical (unpaired) electrons. The predicted octanol–water partition coefficient (Wildman–Crippen LogP) is -0.134. The fourth-order valence-electron chi connectivity index (χ4n) is 1.11. The van der Waals surface area contributed by atoms with E-state index in [-0.39, 0.29) is 11.1 Å². The molecule has 1 aromatic carbocycles. The number of rotatable bonds is 2. The Morgan fingerprint density at radius 1 is 1.47 bits per heavy atom. The number of carbonyl (C=O) groups is 1. The smallest absolute Gasteiger partial charge is 0.318 e. The second-order valence-electron chi connectivity index (χ2n) is 3.07. The molecule has 8 heteroatoms. The van der Waals surface area contributed by atoms with Crippen molar-refractivity contribution in [3.05, 3.63) is 24.3 Å². The highest BCUT2D eigenvalue weighted by Crippen LogP contribution is 2.17. The third kappa shape index (κ3) is 3.55. The molecule has 0 aliphatic rings. The largest absolute Gasteiger partial charge is 0.341 e. The Labute approximate surface area is 104 Å². The van der Waals surface area contributed by atoms with Crippen molar-refractivity contribution in [1.29, 1.82) is 0 Å². The number of carbonyl (C=O) groups excluding carboxylic acids is 1. The summed E-state index contributed by atoms with van der Waals surface area (Å²) in [5.74, 6) is 10.9. The zero-order valence-electron chi connectivity index (χ0n) is 9.23. The molecule has 0 fully saturated rings. The average molecular weight is 254 g/mol. The maximum Gasteiger partial charge on any atom is 0.318 e. The third-order valence-corrected chi connectivity index (χ3v) is 2.27. The third-order valence-electron chi connectivity index (χ3n) is 1.95. The van der Waals surface area contributed by atoms with E-state index in [2.05, 4.69) is 16.1 Å². The van der Waals surface area contributed by atoms with Crippen molar-refractivity contribution in [1.82, 2.24) is 10.7 Å². The standard InChI is InChI=1S/C9H14N6OS/c1-12-8(16)13-6-3-2-4-7(5-6)15(11)9(17)14-10/h2-5H,10-11H2,1H3,(H,14,17)(H2,12,13,16). The monoisotopic (exact) mass is 254 g/mol.